The van der Waals surface area contributed by atoms with Gasteiger partial charge in [0.2, 0.25) is 0 Å². The quantitative estimate of drug-likeness (QED) is 0.864. The number of carbonyl (C=O) groups excluding carboxylic acids is 1. The Morgan fingerprint density at radius 2 is 2.22 bits per heavy atom. The van der Waals surface area contributed by atoms with Crippen molar-refractivity contribution in [2.24, 2.45) is 5.41 Å². The van der Waals surface area contributed by atoms with Gasteiger partial charge in [0.15, 0.2) is 0 Å². The van der Waals surface area contributed by atoms with Crippen molar-refractivity contribution in [3.63, 3.8) is 0 Å². The number of rotatable bonds is 4. The van der Waals surface area contributed by atoms with Crippen LogP contribution in [0.15, 0.2) is 22.9 Å². The number of amides is 1. The lowest BCUT2D eigenvalue weighted by molar-refractivity contribution is 0.0927. The van der Waals surface area contributed by atoms with Crippen molar-refractivity contribution in [1.82, 2.24) is 10.3 Å². The van der Waals surface area contributed by atoms with Crippen molar-refractivity contribution < 1.29 is 4.79 Å². The first-order valence-electron chi connectivity index (χ1n) is 6.56. The molecule has 1 fully saturated rings. The Bertz CT molecular complexity index is 428. The summed E-state index contributed by atoms with van der Waals surface area (Å²) in [6.45, 7) is 3.00. The molecule has 1 aliphatic carbocycles. The Labute approximate surface area is 117 Å². The molecule has 0 atom stereocenters. The van der Waals surface area contributed by atoms with Crippen LogP contribution in [0.4, 0.5) is 0 Å². The number of pyridine rings is 1. The maximum absolute atomic E-state index is 12.1. The third-order valence-electron chi connectivity index (χ3n) is 4.04. The number of nitrogens with zero attached hydrogens (tertiary/aromatic N) is 1. The van der Waals surface area contributed by atoms with Crippen LogP contribution in [0.25, 0.3) is 0 Å². The molecule has 1 aromatic heterocycles. The van der Waals surface area contributed by atoms with Crippen LogP contribution in [-0.2, 0) is 0 Å². The van der Waals surface area contributed by atoms with E-state index >= 15 is 0 Å². The highest BCUT2D eigenvalue weighted by molar-refractivity contribution is 9.10. The molecule has 2 rings (SSSR count). The molecule has 0 bridgehead atoms. The molecule has 1 aromatic rings. The highest BCUT2D eigenvalue weighted by Crippen LogP contribution is 2.40. The third kappa shape index (κ3) is 2.91. The summed E-state index contributed by atoms with van der Waals surface area (Å²) in [5, 5.41) is 3.06. The van der Waals surface area contributed by atoms with Crippen molar-refractivity contribution in [2.75, 3.05) is 6.54 Å². The van der Waals surface area contributed by atoms with Gasteiger partial charge in [0.05, 0.1) is 5.56 Å². The van der Waals surface area contributed by atoms with Gasteiger partial charge in [-0.25, -0.2) is 4.98 Å². The zero-order valence-electron chi connectivity index (χ0n) is 10.7. The second kappa shape index (κ2) is 5.83. The molecule has 1 saturated carbocycles. The number of aromatic nitrogens is 1. The molecule has 1 heterocycles. The van der Waals surface area contributed by atoms with Crippen LogP contribution >= 0.6 is 15.9 Å². The molecule has 1 amide bonds. The number of carbonyl (C=O) groups is 1. The Morgan fingerprint density at radius 3 is 2.83 bits per heavy atom. The van der Waals surface area contributed by atoms with Crippen LogP contribution in [0.3, 0.4) is 0 Å². The van der Waals surface area contributed by atoms with Crippen LogP contribution in [0.2, 0.25) is 0 Å². The van der Waals surface area contributed by atoms with Crippen LogP contribution in [0, 0.1) is 5.41 Å². The van der Waals surface area contributed by atoms with Crippen LogP contribution in [0.1, 0.15) is 49.4 Å². The summed E-state index contributed by atoms with van der Waals surface area (Å²) < 4.78 is 0.611. The van der Waals surface area contributed by atoms with E-state index in [1.54, 1.807) is 18.3 Å². The predicted molar refractivity (Wildman–Crippen MR) is 75.5 cm³/mol. The van der Waals surface area contributed by atoms with Crippen LogP contribution in [-0.4, -0.2) is 17.4 Å². The predicted octanol–water partition coefficient (Wildman–Crippen LogP) is 3.54. The lowest BCUT2D eigenvalue weighted by atomic mass is 9.83. The lowest BCUT2D eigenvalue weighted by Crippen LogP contribution is -2.35. The van der Waals surface area contributed by atoms with E-state index in [-0.39, 0.29) is 5.91 Å². The Morgan fingerprint density at radius 1 is 1.50 bits per heavy atom. The van der Waals surface area contributed by atoms with E-state index in [0.29, 0.717) is 15.6 Å². The maximum atomic E-state index is 12.1. The average molecular weight is 311 g/mol. The molecule has 98 valence electrons. The summed E-state index contributed by atoms with van der Waals surface area (Å²) in [6, 6.07) is 3.57. The van der Waals surface area contributed by atoms with Crippen molar-refractivity contribution in [1.29, 1.82) is 0 Å². The Hall–Kier alpha value is -0.900. The fraction of sp³-hybridized carbons (Fsp3) is 0.571. The lowest BCUT2D eigenvalue weighted by Gasteiger charge is -2.27. The van der Waals surface area contributed by atoms with Crippen molar-refractivity contribution in [2.45, 2.75) is 39.0 Å². The van der Waals surface area contributed by atoms with E-state index < -0.39 is 0 Å². The number of hydrogen-bond donors (Lipinski definition) is 1. The van der Waals surface area contributed by atoms with Gasteiger partial charge in [0.25, 0.3) is 5.91 Å². The van der Waals surface area contributed by atoms with E-state index in [0.717, 1.165) is 13.0 Å². The second-order valence-corrected chi connectivity index (χ2v) is 5.84. The molecule has 0 saturated heterocycles. The van der Waals surface area contributed by atoms with Gasteiger partial charge in [-0.1, -0.05) is 19.8 Å². The van der Waals surface area contributed by atoms with Crippen molar-refractivity contribution in [3.05, 3.63) is 28.5 Å². The normalized spacial score (nSPS) is 17.7. The molecule has 0 radical (unpaired) electrons. The summed E-state index contributed by atoms with van der Waals surface area (Å²) in [7, 11) is 0. The van der Waals surface area contributed by atoms with Crippen molar-refractivity contribution in [3.8, 4) is 0 Å². The highest BCUT2D eigenvalue weighted by atomic mass is 79.9. The molecule has 1 N–H and O–H groups in total. The van der Waals surface area contributed by atoms with E-state index in [1.807, 2.05) is 0 Å². The molecule has 4 heteroatoms. The molecule has 18 heavy (non-hydrogen) atoms. The standard InChI is InChI=1S/C14H19BrN2O/c1-2-14(7-3-4-8-14)10-17-13(18)11-6-5-9-16-12(11)15/h5-6,9H,2-4,7-8,10H2,1H3,(H,17,18). The molecule has 0 aromatic carbocycles. The summed E-state index contributed by atoms with van der Waals surface area (Å²) >= 11 is 3.31. The summed E-state index contributed by atoms with van der Waals surface area (Å²) in [5.41, 5.74) is 0.936. The van der Waals surface area contributed by atoms with Gasteiger partial charge in [-0.05, 0) is 52.7 Å². The first-order valence-corrected chi connectivity index (χ1v) is 7.35. The van der Waals surface area contributed by atoms with E-state index in [1.165, 1.54) is 25.7 Å². The smallest absolute Gasteiger partial charge is 0.254 e. The zero-order valence-corrected chi connectivity index (χ0v) is 12.3. The molecule has 0 unspecified atom stereocenters. The van der Waals surface area contributed by atoms with E-state index in [9.17, 15) is 4.79 Å². The topological polar surface area (TPSA) is 42.0 Å². The minimum atomic E-state index is -0.0327. The number of halogens is 1. The first kappa shape index (κ1) is 13.5. The Kier molecular flexibility index (Phi) is 4.38. The summed E-state index contributed by atoms with van der Waals surface area (Å²) in [5.74, 6) is -0.0327. The average Bonchev–Trinajstić information content (AvgIpc) is 2.86. The summed E-state index contributed by atoms with van der Waals surface area (Å²) in [6.07, 6.45) is 7.86. The minimum absolute atomic E-state index is 0.0327. The zero-order chi connectivity index (χ0) is 13.0. The fourth-order valence-corrected chi connectivity index (χ4v) is 3.13. The largest absolute Gasteiger partial charge is 0.351 e. The SMILES string of the molecule is CCC1(CNC(=O)c2cccnc2Br)CCCC1. The first-order chi connectivity index (χ1) is 8.67. The minimum Gasteiger partial charge on any atom is -0.351 e. The van der Waals surface area contributed by atoms with Gasteiger partial charge in [-0.2, -0.15) is 0 Å². The molecule has 0 aliphatic heterocycles. The number of hydrogen-bond acceptors (Lipinski definition) is 2. The van der Waals surface area contributed by atoms with E-state index in [2.05, 4.69) is 33.2 Å². The highest BCUT2D eigenvalue weighted by Gasteiger charge is 2.32. The monoisotopic (exact) mass is 310 g/mol. The van der Waals surface area contributed by atoms with Crippen molar-refractivity contribution >= 4 is 21.8 Å². The van der Waals surface area contributed by atoms with Gasteiger partial charge in [-0.15, -0.1) is 0 Å². The molecular formula is C14H19BrN2O. The third-order valence-corrected chi connectivity index (χ3v) is 4.67. The van der Waals surface area contributed by atoms with Crippen LogP contribution < -0.4 is 5.32 Å². The molecule has 1 aliphatic rings. The van der Waals surface area contributed by atoms with Gasteiger partial charge in [-0.3, -0.25) is 4.79 Å². The van der Waals surface area contributed by atoms with Crippen LogP contribution in [0.5, 0.6) is 0 Å². The second-order valence-electron chi connectivity index (χ2n) is 5.09. The Balaban J connectivity index is 1.98. The molecule has 3 nitrogen and oxygen atoms in total. The maximum Gasteiger partial charge on any atom is 0.254 e. The van der Waals surface area contributed by atoms with E-state index in [4.69, 9.17) is 0 Å². The number of nitrogens with one attached hydrogen (secondary N) is 1. The fourth-order valence-electron chi connectivity index (χ4n) is 2.70. The van der Waals surface area contributed by atoms with Gasteiger partial charge < -0.3 is 5.32 Å². The van der Waals surface area contributed by atoms with Gasteiger partial charge >= 0.3 is 0 Å². The summed E-state index contributed by atoms with van der Waals surface area (Å²) in [4.78, 5) is 16.2. The van der Waals surface area contributed by atoms with Gasteiger partial charge in [0, 0.05) is 12.7 Å². The molecule has 0 spiro atoms. The van der Waals surface area contributed by atoms with Gasteiger partial charge in [0.1, 0.15) is 4.60 Å². The molecular weight excluding hydrogens is 292 g/mol.